The highest BCUT2D eigenvalue weighted by atomic mass is 16.4. The molecule has 0 aliphatic rings. The molecular weight excluding hydrogens is 206 g/mol. The van der Waals surface area contributed by atoms with Crippen molar-refractivity contribution >= 4 is 11.0 Å². The second-order valence-corrected chi connectivity index (χ2v) is 3.53. The Morgan fingerprint density at radius 3 is 2.81 bits per heavy atom. The van der Waals surface area contributed by atoms with E-state index in [-0.39, 0.29) is 0 Å². The lowest BCUT2D eigenvalue weighted by Crippen LogP contribution is -1.85. The van der Waals surface area contributed by atoms with E-state index < -0.39 is 0 Å². The van der Waals surface area contributed by atoms with Gasteiger partial charge in [-0.3, -0.25) is 5.10 Å². The van der Waals surface area contributed by atoms with Gasteiger partial charge in [0, 0.05) is 6.92 Å². The third-order valence-electron chi connectivity index (χ3n) is 2.33. The van der Waals surface area contributed by atoms with Crippen LogP contribution >= 0.6 is 0 Å². The van der Waals surface area contributed by atoms with Crippen LogP contribution in [0.3, 0.4) is 0 Å². The Hall–Kier alpha value is -2.24. The van der Waals surface area contributed by atoms with Crippen LogP contribution < -0.4 is 0 Å². The summed E-state index contributed by atoms with van der Waals surface area (Å²) in [7, 11) is 0. The van der Waals surface area contributed by atoms with Gasteiger partial charge < -0.3 is 4.42 Å². The van der Waals surface area contributed by atoms with Crippen LogP contribution in [-0.4, -0.2) is 25.4 Å². The fourth-order valence-electron chi connectivity index (χ4n) is 1.54. The number of aromatic amines is 1. The summed E-state index contributed by atoms with van der Waals surface area (Å²) in [6.45, 7) is 3.65. The number of aryl methyl sites for hydroxylation is 2. The molecule has 0 aromatic carbocycles. The van der Waals surface area contributed by atoms with Gasteiger partial charge in [0.25, 0.3) is 5.89 Å². The molecule has 3 aromatic heterocycles. The number of nitrogens with one attached hydrogen (secondary N) is 1. The molecule has 0 amide bonds. The van der Waals surface area contributed by atoms with Gasteiger partial charge in [-0.1, -0.05) is 0 Å². The molecular formula is C10H9N5O. The fraction of sp³-hybridized carbons (Fsp3) is 0.200. The first-order chi connectivity index (χ1) is 7.74. The standard InChI is InChI=1S/C10H9N5O/c1-5-9-7(14-12-5)3-4-8(11-9)10-15-13-6(2)16-10/h3-4H,1-2H3,(H,12,14). The third kappa shape index (κ3) is 1.27. The first kappa shape index (κ1) is 9.02. The smallest absolute Gasteiger partial charge is 0.266 e. The lowest BCUT2D eigenvalue weighted by molar-refractivity contribution is 0.531. The van der Waals surface area contributed by atoms with Crippen molar-refractivity contribution < 1.29 is 4.42 Å². The molecule has 3 heterocycles. The van der Waals surface area contributed by atoms with Crippen LogP contribution in [0.25, 0.3) is 22.6 Å². The number of H-pyrrole nitrogens is 1. The summed E-state index contributed by atoms with van der Waals surface area (Å²) in [6.07, 6.45) is 0. The number of hydrogen-bond acceptors (Lipinski definition) is 5. The molecule has 0 atom stereocenters. The third-order valence-corrected chi connectivity index (χ3v) is 2.33. The Bertz CT molecular complexity index is 654. The van der Waals surface area contributed by atoms with Crippen molar-refractivity contribution in [3.8, 4) is 11.6 Å². The SMILES string of the molecule is Cc1nnc(-c2ccc3[nH]nc(C)c3n2)o1. The van der Waals surface area contributed by atoms with Gasteiger partial charge in [-0.25, -0.2) is 4.98 Å². The van der Waals surface area contributed by atoms with Gasteiger partial charge in [-0.2, -0.15) is 5.10 Å². The molecule has 3 aromatic rings. The normalized spacial score (nSPS) is 11.1. The van der Waals surface area contributed by atoms with Gasteiger partial charge in [0.1, 0.15) is 11.2 Å². The van der Waals surface area contributed by atoms with E-state index in [0.717, 1.165) is 16.7 Å². The highest BCUT2D eigenvalue weighted by molar-refractivity contribution is 5.78. The second-order valence-electron chi connectivity index (χ2n) is 3.53. The predicted molar refractivity (Wildman–Crippen MR) is 56.7 cm³/mol. The molecule has 0 unspecified atom stereocenters. The molecule has 3 rings (SSSR count). The summed E-state index contributed by atoms with van der Waals surface area (Å²) in [5, 5.41) is 14.7. The zero-order valence-electron chi connectivity index (χ0n) is 8.85. The number of rotatable bonds is 1. The van der Waals surface area contributed by atoms with Gasteiger partial charge in [0.05, 0.1) is 11.2 Å². The van der Waals surface area contributed by atoms with Crippen molar-refractivity contribution in [1.29, 1.82) is 0 Å². The molecule has 0 spiro atoms. The van der Waals surface area contributed by atoms with Crippen molar-refractivity contribution in [2.24, 2.45) is 0 Å². The summed E-state index contributed by atoms with van der Waals surface area (Å²) in [6, 6.07) is 3.73. The van der Waals surface area contributed by atoms with Crippen LogP contribution in [0, 0.1) is 13.8 Å². The Balaban J connectivity index is 2.21. The molecule has 0 fully saturated rings. The molecule has 0 bridgehead atoms. The van der Waals surface area contributed by atoms with E-state index in [0.29, 0.717) is 17.5 Å². The van der Waals surface area contributed by atoms with E-state index in [2.05, 4.69) is 25.4 Å². The second kappa shape index (κ2) is 3.13. The number of hydrogen-bond donors (Lipinski definition) is 1. The van der Waals surface area contributed by atoms with Gasteiger partial charge in [-0.15, -0.1) is 10.2 Å². The van der Waals surface area contributed by atoms with Crippen molar-refractivity contribution in [1.82, 2.24) is 25.4 Å². The van der Waals surface area contributed by atoms with E-state index in [9.17, 15) is 0 Å². The first-order valence-corrected chi connectivity index (χ1v) is 4.86. The number of aromatic nitrogens is 5. The van der Waals surface area contributed by atoms with Crippen LogP contribution in [-0.2, 0) is 0 Å². The Morgan fingerprint density at radius 2 is 2.06 bits per heavy atom. The number of nitrogens with zero attached hydrogens (tertiary/aromatic N) is 4. The monoisotopic (exact) mass is 215 g/mol. The summed E-state index contributed by atoms with van der Waals surface area (Å²) >= 11 is 0. The van der Waals surface area contributed by atoms with E-state index in [4.69, 9.17) is 4.42 Å². The number of fused-ring (bicyclic) bond motifs is 1. The Kier molecular flexibility index (Phi) is 1.76. The molecule has 0 aliphatic carbocycles. The molecule has 0 radical (unpaired) electrons. The summed E-state index contributed by atoms with van der Waals surface area (Å²) in [5.74, 6) is 0.959. The lowest BCUT2D eigenvalue weighted by atomic mass is 10.3. The predicted octanol–water partition coefficient (Wildman–Crippen LogP) is 1.62. The van der Waals surface area contributed by atoms with E-state index in [1.54, 1.807) is 6.92 Å². The van der Waals surface area contributed by atoms with Gasteiger partial charge in [0.2, 0.25) is 5.89 Å². The molecule has 16 heavy (non-hydrogen) atoms. The first-order valence-electron chi connectivity index (χ1n) is 4.86. The zero-order valence-corrected chi connectivity index (χ0v) is 8.85. The minimum Gasteiger partial charge on any atom is -0.420 e. The maximum atomic E-state index is 5.32. The van der Waals surface area contributed by atoms with Crippen molar-refractivity contribution in [3.05, 3.63) is 23.7 Å². The molecule has 6 nitrogen and oxygen atoms in total. The Morgan fingerprint density at radius 1 is 1.19 bits per heavy atom. The number of pyridine rings is 1. The van der Waals surface area contributed by atoms with Crippen molar-refractivity contribution in [3.63, 3.8) is 0 Å². The highest BCUT2D eigenvalue weighted by Crippen LogP contribution is 2.19. The maximum Gasteiger partial charge on any atom is 0.266 e. The van der Waals surface area contributed by atoms with Crippen LogP contribution in [0.4, 0.5) is 0 Å². The van der Waals surface area contributed by atoms with E-state index >= 15 is 0 Å². The lowest BCUT2D eigenvalue weighted by Gasteiger charge is -1.94. The minimum absolute atomic E-state index is 0.431. The van der Waals surface area contributed by atoms with E-state index in [1.807, 2.05) is 19.1 Å². The maximum absolute atomic E-state index is 5.32. The summed E-state index contributed by atoms with van der Waals surface area (Å²) in [4.78, 5) is 4.43. The molecule has 0 aliphatic heterocycles. The van der Waals surface area contributed by atoms with Gasteiger partial charge in [0.15, 0.2) is 0 Å². The molecule has 6 heteroatoms. The van der Waals surface area contributed by atoms with Crippen molar-refractivity contribution in [2.45, 2.75) is 13.8 Å². The average Bonchev–Trinajstić information content (AvgIpc) is 2.86. The zero-order chi connectivity index (χ0) is 11.1. The summed E-state index contributed by atoms with van der Waals surface area (Å²) < 4.78 is 5.32. The average molecular weight is 215 g/mol. The van der Waals surface area contributed by atoms with E-state index in [1.165, 1.54) is 0 Å². The molecule has 1 N–H and O–H groups in total. The highest BCUT2D eigenvalue weighted by Gasteiger charge is 2.10. The largest absolute Gasteiger partial charge is 0.420 e. The minimum atomic E-state index is 0.431. The van der Waals surface area contributed by atoms with Gasteiger partial charge >= 0.3 is 0 Å². The summed E-state index contributed by atoms with van der Waals surface area (Å²) in [5.41, 5.74) is 3.25. The Labute approximate surface area is 90.7 Å². The van der Waals surface area contributed by atoms with Crippen LogP contribution in [0.15, 0.2) is 16.5 Å². The topological polar surface area (TPSA) is 80.5 Å². The fourth-order valence-corrected chi connectivity index (χ4v) is 1.54. The van der Waals surface area contributed by atoms with Crippen LogP contribution in [0.1, 0.15) is 11.6 Å². The van der Waals surface area contributed by atoms with Gasteiger partial charge in [-0.05, 0) is 19.1 Å². The molecule has 0 saturated carbocycles. The quantitative estimate of drug-likeness (QED) is 0.667. The van der Waals surface area contributed by atoms with Crippen LogP contribution in [0.2, 0.25) is 0 Å². The van der Waals surface area contributed by atoms with Crippen LogP contribution in [0.5, 0.6) is 0 Å². The molecule has 0 saturated heterocycles. The van der Waals surface area contributed by atoms with Crippen molar-refractivity contribution in [2.75, 3.05) is 0 Å². The molecule has 80 valence electrons.